The maximum absolute atomic E-state index is 13.4. The Balaban J connectivity index is 1.71. The van der Waals surface area contributed by atoms with E-state index < -0.39 is 17.7 Å². The van der Waals surface area contributed by atoms with Crippen molar-refractivity contribution in [3.63, 3.8) is 0 Å². The largest absolute Gasteiger partial charge is 0.507 e. The van der Waals surface area contributed by atoms with E-state index in [1.807, 2.05) is 79.7 Å². The summed E-state index contributed by atoms with van der Waals surface area (Å²) in [4.78, 5) is 31.4. The molecule has 3 aromatic carbocycles. The SMILES string of the molecule is COc1ccccc1CN1C(=O)C(=O)/C(=C(/O)c2c[nH]c3ccccc23)C1c1ccccc1C. The lowest BCUT2D eigenvalue weighted by atomic mass is 9.92. The Kier molecular flexibility index (Phi) is 5.42. The second-order valence-corrected chi connectivity index (χ2v) is 8.34. The van der Waals surface area contributed by atoms with Crippen molar-refractivity contribution in [3.05, 3.63) is 107 Å². The number of carbonyl (C=O) groups excluding carboxylic acids is 2. The Bertz CT molecular complexity index is 1450. The standard InChI is InChI=1S/C28H24N2O4/c1-17-9-3-5-11-19(17)25-24(26(31)21-15-29-22-13-7-6-12-20(21)22)27(32)28(33)30(25)16-18-10-4-8-14-23(18)34-2/h3-15,25,29,31H,16H2,1-2H3/b26-24+. The van der Waals surface area contributed by atoms with Crippen LogP contribution in [0.1, 0.15) is 28.3 Å². The van der Waals surface area contributed by atoms with Gasteiger partial charge in [-0.3, -0.25) is 9.59 Å². The molecule has 5 rings (SSSR count). The average molecular weight is 453 g/mol. The van der Waals surface area contributed by atoms with Crippen LogP contribution < -0.4 is 4.74 Å². The number of ether oxygens (including phenoxy) is 1. The minimum absolute atomic E-state index is 0.0824. The van der Waals surface area contributed by atoms with Crippen LogP contribution in [0, 0.1) is 6.92 Å². The summed E-state index contributed by atoms with van der Waals surface area (Å²) in [6.07, 6.45) is 1.67. The van der Waals surface area contributed by atoms with Crippen LogP contribution in [0.3, 0.4) is 0 Å². The van der Waals surface area contributed by atoms with Gasteiger partial charge in [-0.2, -0.15) is 0 Å². The minimum atomic E-state index is -0.736. The van der Waals surface area contributed by atoms with Gasteiger partial charge in [-0.25, -0.2) is 0 Å². The summed E-state index contributed by atoms with van der Waals surface area (Å²) in [6.45, 7) is 2.10. The van der Waals surface area contributed by atoms with E-state index in [1.165, 1.54) is 4.90 Å². The van der Waals surface area contributed by atoms with Gasteiger partial charge in [-0.15, -0.1) is 0 Å². The topological polar surface area (TPSA) is 82.6 Å². The van der Waals surface area contributed by atoms with Crippen molar-refractivity contribution in [2.45, 2.75) is 19.5 Å². The Labute approximate surface area is 197 Å². The lowest BCUT2D eigenvalue weighted by Gasteiger charge is -2.27. The normalized spacial score (nSPS) is 17.5. The minimum Gasteiger partial charge on any atom is -0.507 e. The van der Waals surface area contributed by atoms with Gasteiger partial charge in [-0.05, 0) is 30.2 Å². The number of aromatic nitrogens is 1. The lowest BCUT2D eigenvalue weighted by molar-refractivity contribution is -0.140. The number of likely N-dealkylation sites (tertiary alicyclic amines) is 1. The Morgan fingerprint density at radius 3 is 2.50 bits per heavy atom. The third-order valence-electron chi connectivity index (χ3n) is 6.40. The molecule has 170 valence electrons. The van der Waals surface area contributed by atoms with Crippen molar-refractivity contribution < 1.29 is 19.4 Å². The van der Waals surface area contributed by atoms with Gasteiger partial charge in [0, 0.05) is 28.2 Å². The number of H-pyrrole nitrogens is 1. The number of fused-ring (bicyclic) bond motifs is 1. The number of benzene rings is 3. The second-order valence-electron chi connectivity index (χ2n) is 8.34. The third-order valence-corrected chi connectivity index (χ3v) is 6.40. The van der Waals surface area contributed by atoms with E-state index in [2.05, 4.69) is 4.98 Å². The van der Waals surface area contributed by atoms with Gasteiger partial charge in [0.2, 0.25) is 0 Å². The molecule has 6 nitrogen and oxygen atoms in total. The first-order chi connectivity index (χ1) is 16.5. The molecule has 1 aromatic heterocycles. The predicted octanol–water partition coefficient (Wildman–Crippen LogP) is 5.11. The van der Waals surface area contributed by atoms with Crippen LogP contribution in [0.15, 0.2) is 84.6 Å². The van der Waals surface area contributed by atoms with Crippen molar-refractivity contribution in [2.24, 2.45) is 0 Å². The fourth-order valence-corrected chi connectivity index (χ4v) is 4.69. The number of hydrogen-bond acceptors (Lipinski definition) is 4. The van der Waals surface area contributed by atoms with Gasteiger partial charge in [-0.1, -0.05) is 60.7 Å². The highest BCUT2D eigenvalue weighted by atomic mass is 16.5. The first-order valence-corrected chi connectivity index (χ1v) is 11.0. The summed E-state index contributed by atoms with van der Waals surface area (Å²) >= 11 is 0. The Morgan fingerprint density at radius 1 is 1.00 bits per heavy atom. The molecule has 1 fully saturated rings. The molecule has 0 aliphatic carbocycles. The fourth-order valence-electron chi connectivity index (χ4n) is 4.69. The zero-order valence-electron chi connectivity index (χ0n) is 18.9. The monoisotopic (exact) mass is 452 g/mol. The van der Waals surface area contributed by atoms with Crippen LogP contribution in [-0.4, -0.2) is 33.8 Å². The number of amides is 1. The highest BCUT2D eigenvalue weighted by molar-refractivity contribution is 6.46. The number of nitrogens with one attached hydrogen (secondary N) is 1. The summed E-state index contributed by atoms with van der Waals surface area (Å²) in [7, 11) is 1.57. The number of aliphatic hydroxyl groups excluding tert-OH is 1. The van der Waals surface area contributed by atoms with E-state index in [4.69, 9.17) is 4.74 Å². The zero-order valence-corrected chi connectivity index (χ0v) is 18.9. The summed E-state index contributed by atoms with van der Waals surface area (Å²) < 4.78 is 5.48. The molecular weight excluding hydrogens is 428 g/mol. The first kappa shape index (κ1) is 21.5. The Morgan fingerprint density at radius 2 is 1.71 bits per heavy atom. The molecule has 0 radical (unpaired) electrons. The highest BCUT2D eigenvalue weighted by Gasteiger charge is 2.46. The number of carbonyl (C=O) groups is 2. The number of methoxy groups -OCH3 is 1. The van der Waals surface area contributed by atoms with Crippen molar-refractivity contribution in [2.75, 3.05) is 7.11 Å². The van der Waals surface area contributed by atoms with Gasteiger partial charge in [0.05, 0.1) is 25.3 Å². The van der Waals surface area contributed by atoms with E-state index in [1.54, 1.807) is 13.3 Å². The van der Waals surface area contributed by atoms with Gasteiger partial charge >= 0.3 is 0 Å². The van der Waals surface area contributed by atoms with Crippen LogP contribution in [0.5, 0.6) is 5.75 Å². The van der Waals surface area contributed by atoms with Crippen LogP contribution in [0.25, 0.3) is 16.7 Å². The van der Waals surface area contributed by atoms with E-state index in [9.17, 15) is 14.7 Å². The lowest BCUT2D eigenvalue weighted by Crippen LogP contribution is -2.29. The van der Waals surface area contributed by atoms with Gasteiger partial charge < -0.3 is 19.7 Å². The first-order valence-electron chi connectivity index (χ1n) is 11.0. The van der Waals surface area contributed by atoms with Crippen molar-refractivity contribution in [3.8, 4) is 5.75 Å². The number of aryl methyl sites for hydroxylation is 1. The number of ketones is 1. The third kappa shape index (κ3) is 3.44. The van der Waals surface area contributed by atoms with E-state index in [0.717, 1.165) is 27.6 Å². The van der Waals surface area contributed by atoms with Gasteiger partial charge in [0.1, 0.15) is 11.5 Å². The molecule has 34 heavy (non-hydrogen) atoms. The van der Waals surface area contributed by atoms with Crippen LogP contribution >= 0.6 is 0 Å². The number of aliphatic hydroxyl groups is 1. The Hall–Kier alpha value is -4.32. The van der Waals surface area contributed by atoms with Crippen molar-refractivity contribution in [1.29, 1.82) is 0 Å². The van der Waals surface area contributed by atoms with Crippen LogP contribution in [0.2, 0.25) is 0 Å². The molecule has 6 heteroatoms. The molecule has 4 aromatic rings. The van der Waals surface area contributed by atoms with E-state index in [0.29, 0.717) is 11.3 Å². The number of para-hydroxylation sites is 2. The number of hydrogen-bond donors (Lipinski definition) is 2. The molecule has 1 aliphatic heterocycles. The maximum atomic E-state index is 13.4. The van der Waals surface area contributed by atoms with E-state index in [-0.39, 0.29) is 17.9 Å². The summed E-state index contributed by atoms with van der Waals surface area (Å²) in [5.74, 6) is -0.914. The molecular formula is C28H24N2O4. The molecule has 1 atom stereocenters. The van der Waals surface area contributed by atoms with Gasteiger partial charge in [0.15, 0.2) is 0 Å². The molecule has 2 N–H and O–H groups in total. The highest BCUT2D eigenvalue weighted by Crippen LogP contribution is 2.42. The maximum Gasteiger partial charge on any atom is 0.295 e. The van der Waals surface area contributed by atoms with Crippen molar-refractivity contribution >= 4 is 28.4 Å². The molecule has 1 saturated heterocycles. The smallest absolute Gasteiger partial charge is 0.295 e. The second kappa shape index (κ2) is 8.56. The molecule has 0 spiro atoms. The fraction of sp³-hybridized carbons (Fsp3) is 0.143. The quantitative estimate of drug-likeness (QED) is 0.251. The summed E-state index contributed by atoms with van der Waals surface area (Å²) in [5, 5.41) is 12.2. The number of rotatable bonds is 5. The van der Waals surface area contributed by atoms with E-state index >= 15 is 0 Å². The van der Waals surface area contributed by atoms with Crippen LogP contribution in [0.4, 0.5) is 0 Å². The van der Waals surface area contributed by atoms with Crippen LogP contribution in [-0.2, 0) is 16.1 Å². The molecule has 0 bridgehead atoms. The molecule has 1 amide bonds. The number of aromatic amines is 1. The zero-order chi connectivity index (χ0) is 23.8. The molecule has 2 heterocycles. The number of nitrogens with zero attached hydrogens (tertiary/aromatic N) is 1. The number of Topliss-reactive ketones (excluding diaryl/α,β-unsaturated/α-hetero) is 1. The molecule has 1 aliphatic rings. The van der Waals surface area contributed by atoms with Crippen molar-refractivity contribution in [1.82, 2.24) is 9.88 Å². The summed E-state index contributed by atoms with van der Waals surface area (Å²) in [6, 6.07) is 21.8. The molecule has 1 unspecified atom stereocenters. The molecule has 0 saturated carbocycles. The summed E-state index contributed by atoms with van der Waals surface area (Å²) in [5.41, 5.74) is 3.89. The predicted molar refractivity (Wildman–Crippen MR) is 130 cm³/mol. The average Bonchev–Trinajstić information content (AvgIpc) is 3.39. The van der Waals surface area contributed by atoms with Gasteiger partial charge in [0.25, 0.3) is 11.7 Å².